The first-order valence-electron chi connectivity index (χ1n) is 25.3. The number of unbranched alkanes of at least 4 members (excludes halogenated alkanes) is 11. The number of amides is 5. The molecule has 0 radical (unpaired) electrons. The van der Waals surface area contributed by atoms with Crippen molar-refractivity contribution in [1.82, 2.24) is 26.6 Å². The Hall–Kier alpha value is -4.85. The minimum Gasteiger partial charge on any atom is -0.460 e. The number of hydrogen-bond donors (Lipinski definition) is 5. The van der Waals surface area contributed by atoms with Gasteiger partial charge in [0, 0.05) is 52.0 Å². The molecule has 1 aromatic carbocycles. The lowest BCUT2D eigenvalue weighted by Gasteiger charge is -2.24. The van der Waals surface area contributed by atoms with Crippen LogP contribution in [0, 0.1) is 0 Å². The van der Waals surface area contributed by atoms with Gasteiger partial charge in [0.25, 0.3) is 0 Å². The predicted molar refractivity (Wildman–Crippen MR) is 264 cm³/mol. The third-order valence-electron chi connectivity index (χ3n) is 10.1. The van der Waals surface area contributed by atoms with Gasteiger partial charge in [0.05, 0.1) is 46.1 Å². The quantitative estimate of drug-likeness (QED) is 0.0298. The smallest absolute Gasteiger partial charge is 0.407 e. The van der Waals surface area contributed by atoms with E-state index in [0.717, 1.165) is 44.1 Å². The summed E-state index contributed by atoms with van der Waals surface area (Å²) in [6.45, 7) is 11.5. The molecule has 0 saturated heterocycles. The summed E-state index contributed by atoms with van der Waals surface area (Å²) in [5.41, 5.74) is -0.540. The summed E-state index contributed by atoms with van der Waals surface area (Å²) in [5, 5.41) is 13.5. The van der Waals surface area contributed by atoms with Crippen LogP contribution in [0.5, 0.6) is 0 Å². The Balaban J connectivity index is 1.88. The van der Waals surface area contributed by atoms with E-state index < -0.39 is 23.3 Å². The predicted octanol–water partition coefficient (Wildman–Crippen LogP) is 5.74. The summed E-state index contributed by atoms with van der Waals surface area (Å²) in [4.78, 5) is 84.4. The zero-order valence-corrected chi connectivity index (χ0v) is 43.0. The second-order valence-electron chi connectivity index (χ2n) is 18.6. The van der Waals surface area contributed by atoms with Crippen LogP contribution >= 0.6 is 0 Å². The van der Waals surface area contributed by atoms with Crippen molar-refractivity contribution < 1.29 is 66.7 Å². The van der Waals surface area contributed by atoms with E-state index in [4.69, 9.17) is 33.2 Å². The van der Waals surface area contributed by atoms with Crippen LogP contribution in [-0.2, 0) is 68.5 Å². The maximum absolute atomic E-state index is 12.4. The van der Waals surface area contributed by atoms with E-state index in [1.165, 1.54) is 38.5 Å². The Morgan fingerprint density at radius 3 is 1.43 bits per heavy atom. The number of alkyl carbamates (subject to hydrolysis) is 1. The van der Waals surface area contributed by atoms with Gasteiger partial charge in [-0.05, 0) is 59.4 Å². The van der Waals surface area contributed by atoms with Gasteiger partial charge in [0.1, 0.15) is 31.0 Å². The number of hydrogen-bond acceptors (Lipinski definition) is 14. The Kier molecular flexibility index (Phi) is 36.8. The van der Waals surface area contributed by atoms with Crippen LogP contribution in [0.25, 0.3) is 0 Å². The summed E-state index contributed by atoms with van der Waals surface area (Å²) in [5.74, 6) is -1.50. The Labute approximate surface area is 417 Å². The summed E-state index contributed by atoms with van der Waals surface area (Å²) in [6.07, 6.45) is 14.4. The van der Waals surface area contributed by atoms with Crippen LogP contribution in [0.4, 0.5) is 4.79 Å². The first-order chi connectivity index (χ1) is 33.5. The van der Waals surface area contributed by atoms with E-state index in [-0.39, 0.29) is 128 Å². The molecule has 70 heavy (non-hydrogen) atoms. The number of carbonyl (C=O) groups excluding carboxylic acids is 7. The van der Waals surface area contributed by atoms with Gasteiger partial charge in [-0.15, -0.1) is 0 Å². The van der Waals surface area contributed by atoms with Crippen LogP contribution < -0.4 is 26.6 Å². The molecule has 0 aliphatic rings. The average molecular weight is 994 g/mol. The average Bonchev–Trinajstić information content (AvgIpc) is 3.29. The summed E-state index contributed by atoms with van der Waals surface area (Å²) in [6, 6.07) is 9.29. The lowest BCUT2D eigenvalue weighted by molar-refractivity contribution is -0.159. The molecule has 1 aromatic rings. The number of benzene rings is 1. The van der Waals surface area contributed by atoms with Gasteiger partial charge in [0.2, 0.25) is 23.6 Å². The molecular formula is C51H87N5O14. The molecule has 0 aliphatic heterocycles. The van der Waals surface area contributed by atoms with Crippen molar-refractivity contribution in [1.29, 1.82) is 0 Å². The van der Waals surface area contributed by atoms with E-state index in [1.807, 2.05) is 51.1 Å². The van der Waals surface area contributed by atoms with Crippen LogP contribution in [0.2, 0.25) is 0 Å². The highest BCUT2D eigenvalue weighted by molar-refractivity contribution is 5.78. The summed E-state index contributed by atoms with van der Waals surface area (Å²) >= 11 is 0. The van der Waals surface area contributed by atoms with Crippen molar-refractivity contribution in [3.8, 4) is 0 Å². The number of carbonyl (C=O) groups is 7. The summed E-state index contributed by atoms with van der Waals surface area (Å²) in [7, 11) is 0. The highest BCUT2D eigenvalue weighted by Crippen LogP contribution is 2.17. The van der Waals surface area contributed by atoms with Gasteiger partial charge in [-0.1, -0.05) is 94.5 Å². The molecule has 0 aromatic heterocycles. The van der Waals surface area contributed by atoms with Gasteiger partial charge in [0.15, 0.2) is 0 Å². The molecule has 0 atom stereocenters. The maximum Gasteiger partial charge on any atom is 0.407 e. The van der Waals surface area contributed by atoms with E-state index in [2.05, 4.69) is 26.6 Å². The zero-order valence-electron chi connectivity index (χ0n) is 43.0. The Morgan fingerprint density at radius 2 is 0.871 bits per heavy atom. The molecule has 0 bridgehead atoms. The molecule has 0 aliphatic carbocycles. The second-order valence-corrected chi connectivity index (χ2v) is 18.6. The number of esters is 2. The van der Waals surface area contributed by atoms with Crippen LogP contribution in [0.3, 0.4) is 0 Å². The normalized spacial score (nSPS) is 11.3. The van der Waals surface area contributed by atoms with Gasteiger partial charge >= 0.3 is 18.0 Å². The minimum absolute atomic E-state index is 0.0126. The molecule has 19 heteroatoms. The molecular weight excluding hydrogens is 907 g/mol. The van der Waals surface area contributed by atoms with Gasteiger partial charge in [-0.3, -0.25) is 28.8 Å². The highest BCUT2D eigenvalue weighted by Gasteiger charge is 2.26. The van der Waals surface area contributed by atoms with Crippen molar-refractivity contribution in [3.05, 3.63) is 35.9 Å². The highest BCUT2D eigenvalue weighted by atomic mass is 16.6. The van der Waals surface area contributed by atoms with Crippen LogP contribution in [-0.4, -0.2) is 138 Å². The third kappa shape index (κ3) is 42.1. The SMILES string of the molecule is CC(C)(C)OC(=O)CCCCCCCCCCCCCCC(=O)NCCCC(=O)OC(C)(C)CC(=O)NCCOCCOCC(=O)NCCOCCOCC(=O)NCCNC(=O)OCc1ccccc1. The molecule has 0 unspecified atom stereocenters. The van der Waals surface area contributed by atoms with E-state index in [0.29, 0.717) is 25.8 Å². The van der Waals surface area contributed by atoms with E-state index in [1.54, 1.807) is 13.8 Å². The van der Waals surface area contributed by atoms with Crippen molar-refractivity contribution >= 4 is 41.7 Å². The molecule has 0 spiro atoms. The van der Waals surface area contributed by atoms with Crippen molar-refractivity contribution in [2.75, 3.05) is 85.6 Å². The number of rotatable bonds is 43. The van der Waals surface area contributed by atoms with Crippen molar-refractivity contribution in [3.63, 3.8) is 0 Å². The fraction of sp³-hybridized carbons (Fsp3) is 0.745. The molecule has 1 rings (SSSR count). The molecule has 19 nitrogen and oxygen atoms in total. The lowest BCUT2D eigenvalue weighted by Crippen LogP contribution is -2.37. The fourth-order valence-electron chi connectivity index (χ4n) is 6.65. The monoisotopic (exact) mass is 994 g/mol. The molecule has 0 heterocycles. The molecule has 0 fully saturated rings. The fourth-order valence-corrected chi connectivity index (χ4v) is 6.65. The lowest BCUT2D eigenvalue weighted by atomic mass is 10.0. The second kappa shape index (κ2) is 40.8. The molecule has 5 N–H and O–H groups in total. The molecule has 0 saturated carbocycles. The van der Waals surface area contributed by atoms with Crippen molar-refractivity contribution in [2.45, 2.75) is 162 Å². The number of nitrogens with one attached hydrogen (secondary N) is 5. The number of ether oxygens (including phenoxy) is 7. The molecule has 5 amide bonds. The van der Waals surface area contributed by atoms with E-state index in [9.17, 15) is 33.6 Å². The van der Waals surface area contributed by atoms with Crippen molar-refractivity contribution in [2.24, 2.45) is 0 Å². The van der Waals surface area contributed by atoms with Gasteiger partial charge < -0.3 is 59.7 Å². The maximum atomic E-state index is 12.4. The third-order valence-corrected chi connectivity index (χ3v) is 10.1. The standard InChI is InChI=1S/C51H87N5O14/c1-50(2,3)69-47(61)25-20-15-13-11-9-7-6-8-10-12-14-19-24-43(57)52-27-21-26-48(62)70-51(4,5)38-44(58)54-30-32-64-34-37-67-41-46(60)55-31-33-65-35-36-66-40-45(59)53-28-29-56-49(63)68-39-42-22-17-16-18-23-42/h16-18,22-23H,6-15,19-21,24-41H2,1-5H3,(H,52,57)(H,53,59)(H,54,58)(H,55,60)(H,56,63). The topological polar surface area (TPSA) is 244 Å². The van der Waals surface area contributed by atoms with E-state index >= 15 is 0 Å². The minimum atomic E-state index is -1.00. The van der Waals surface area contributed by atoms with Gasteiger partial charge in [-0.2, -0.15) is 0 Å². The first kappa shape index (κ1) is 63.2. The first-order valence-corrected chi connectivity index (χ1v) is 25.3. The summed E-state index contributed by atoms with van der Waals surface area (Å²) < 4.78 is 37.4. The van der Waals surface area contributed by atoms with Gasteiger partial charge in [-0.25, -0.2) is 4.79 Å². The van der Waals surface area contributed by atoms with Crippen LogP contribution in [0.1, 0.15) is 149 Å². The Morgan fingerprint density at radius 1 is 0.429 bits per heavy atom. The largest absolute Gasteiger partial charge is 0.460 e. The zero-order chi connectivity index (χ0) is 51.6. The Bertz CT molecular complexity index is 1590. The molecule has 400 valence electrons. The van der Waals surface area contributed by atoms with Crippen LogP contribution in [0.15, 0.2) is 30.3 Å².